The highest BCUT2D eigenvalue weighted by Gasteiger charge is 2.17. The molecular formula is C22H25FN8O. The Labute approximate surface area is 185 Å². The quantitative estimate of drug-likeness (QED) is 0.382. The summed E-state index contributed by atoms with van der Waals surface area (Å²) < 4.78 is 13.2. The fourth-order valence-electron chi connectivity index (χ4n) is 3.46. The van der Waals surface area contributed by atoms with Gasteiger partial charge in [-0.1, -0.05) is 0 Å². The number of aromatic nitrogens is 3. The summed E-state index contributed by atoms with van der Waals surface area (Å²) in [5.74, 6) is 1.12. The lowest BCUT2D eigenvalue weighted by molar-refractivity contribution is 0.102. The van der Waals surface area contributed by atoms with E-state index >= 15 is 0 Å². The van der Waals surface area contributed by atoms with Gasteiger partial charge in [-0.25, -0.2) is 19.3 Å². The van der Waals surface area contributed by atoms with Crippen molar-refractivity contribution in [1.82, 2.24) is 20.3 Å². The number of nitrogens with zero attached hydrogens (tertiary/aromatic N) is 3. The predicted molar refractivity (Wildman–Crippen MR) is 122 cm³/mol. The van der Waals surface area contributed by atoms with Crippen molar-refractivity contribution in [3.8, 4) is 0 Å². The van der Waals surface area contributed by atoms with Crippen molar-refractivity contribution in [2.75, 3.05) is 41.3 Å². The van der Waals surface area contributed by atoms with E-state index in [1.54, 1.807) is 6.07 Å². The van der Waals surface area contributed by atoms with E-state index in [-0.39, 0.29) is 11.7 Å². The van der Waals surface area contributed by atoms with Crippen LogP contribution in [0.1, 0.15) is 23.2 Å². The molecule has 6 N–H and O–H groups in total. The maximum atomic E-state index is 13.2. The Balaban J connectivity index is 1.54. The van der Waals surface area contributed by atoms with Crippen molar-refractivity contribution in [1.29, 1.82) is 0 Å². The number of carbonyl (C=O) groups excluding carboxylic acids is 1. The number of halogens is 1. The molecule has 1 saturated heterocycles. The lowest BCUT2D eigenvalue weighted by Gasteiger charge is -2.24. The Bertz CT molecular complexity index is 1050. The minimum absolute atomic E-state index is 0.320. The molecule has 1 amide bonds. The maximum Gasteiger partial charge on any atom is 0.259 e. The van der Waals surface area contributed by atoms with E-state index in [0.717, 1.165) is 32.5 Å². The van der Waals surface area contributed by atoms with Crippen molar-refractivity contribution < 1.29 is 9.18 Å². The third-order valence-corrected chi connectivity index (χ3v) is 5.22. The van der Waals surface area contributed by atoms with Gasteiger partial charge in [-0.05, 0) is 56.1 Å². The number of nitrogens with one attached hydrogen (secondary N) is 4. The molecule has 1 fully saturated rings. The van der Waals surface area contributed by atoms with Crippen LogP contribution in [0.5, 0.6) is 0 Å². The van der Waals surface area contributed by atoms with Crippen LogP contribution in [-0.2, 0) is 0 Å². The molecule has 2 aromatic heterocycles. The zero-order valence-electron chi connectivity index (χ0n) is 17.4. The first-order valence-corrected chi connectivity index (χ1v) is 10.4. The molecule has 0 unspecified atom stereocenters. The van der Waals surface area contributed by atoms with Gasteiger partial charge in [0.05, 0.1) is 23.6 Å². The van der Waals surface area contributed by atoms with E-state index in [4.69, 9.17) is 5.73 Å². The summed E-state index contributed by atoms with van der Waals surface area (Å²) in [4.78, 5) is 25.4. The van der Waals surface area contributed by atoms with Crippen LogP contribution < -0.4 is 27.0 Å². The van der Waals surface area contributed by atoms with Gasteiger partial charge < -0.3 is 27.0 Å². The number of amides is 1. The first-order chi connectivity index (χ1) is 15.6. The number of nitrogen functional groups attached to an aromatic ring is 1. The molecule has 0 bridgehead atoms. The van der Waals surface area contributed by atoms with Crippen molar-refractivity contribution in [3.05, 3.63) is 60.3 Å². The standard InChI is InChI=1S/C22H25FN8O/c23-15-1-3-16(4-2-15)30-22(32)17-11-28-20(31-21-13-27-19(24)12-29-21)9-18(17)26-10-14-5-7-25-8-6-14/h1-4,9,11-14,25H,5-8,10H2,(H2,24,27)(H,30,32)(H2,26,28,29,31). The van der Waals surface area contributed by atoms with Gasteiger partial charge in [0.15, 0.2) is 0 Å². The SMILES string of the molecule is Nc1cnc(Nc2cc(NCC3CCNCC3)c(C(=O)Nc3ccc(F)cc3)cn2)cn1. The predicted octanol–water partition coefficient (Wildman–Crippen LogP) is 3.00. The number of rotatable bonds is 7. The Morgan fingerprint density at radius 3 is 2.53 bits per heavy atom. The number of hydrogen-bond acceptors (Lipinski definition) is 8. The molecule has 4 rings (SSSR count). The first kappa shape index (κ1) is 21.4. The Hall–Kier alpha value is -3.79. The Morgan fingerprint density at radius 1 is 1.06 bits per heavy atom. The van der Waals surface area contributed by atoms with Crippen LogP contribution in [0.2, 0.25) is 0 Å². The van der Waals surface area contributed by atoms with Crippen LogP contribution in [0.4, 0.5) is 33.2 Å². The maximum absolute atomic E-state index is 13.2. The number of carbonyl (C=O) groups is 1. The average molecular weight is 436 g/mol. The molecule has 3 aromatic rings. The van der Waals surface area contributed by atoms with Gasteiger partial charge in [-0.15, -0.1) is 0 Å². The Kier molecular flexibility index (Phi) is 6.71. The third kappa shape index (κ3) is 5.67. The summed E-state index contributed by atoms with van der Waals surface area (Å²) in [7, 11) is 0. The molecule has 1 aliphatic heterocycles. The van der Waals surface area contributed by atoms with Crippen molar-refractivity contribution in [2.45, 2.75) is 12.8 Å². The zero-order chi connectivity index (χ0) is 22.3. The van der Waals surface area contributed by atoms with E-state index in [2.05, 4.69) is 36.2 Å². The van der Waals surface area contributed by atoms with Crippen LogP contribution in [0, 0.1) is 11.7 Å². The van der Waals surface area contributed by atoms with Crippen LogP contribution in [0.15, 0.2) is 48.9 Å². The van der Waals surface area contributed by atoms with E-state index in [1.165, 1.54) is 42.9 Å². The van der Waals surface area contributed by atoms with E-state index < -0.39 is 0 Å². The number of pyridine rings is 1. The molecular weight excluding hydrogens is 411 g/mol. The average Bonchev–Trinajstić information content (AvgIpc) is 2.81. The number of anilines is 5. The number of piperidine rings is 1. The molecule has 0 spiro atoms. The molecule has 0 saturated carbocycles. The monoisotopic (exact) mass is 436 g/mol. The van der Waals surface area contributed by atoms with Gasteiger partial charge >= 0.3 is 0 Å². The van der Waals surface area contributed by atoms with Gasteiger partial charge in [0, 0.05) is 24.5 Å². The second-order valence-electron chi connectivity index (χ2n) is 7.60. The van der Waals surface area contributed by atoms with Gasteiger partial charge in [-0.2, -0.15) is 0 Å². The fraction of sp³-hybridized carbons (Fsp3) is 0.273. The van der Waals surface area contributed by atoms with Crippen molar-refractivity contribution >= 4 is 34.7 Å². The summed E-state index contributed by atoms with van der Waals surface area (Å²) in [6.07, 6.45) is 6.59. The molecule has 9 nitrogen and oxygen atoms in total. The second-order valence-corrected chi connectivity index (χ2v) is 7.60. The summed E-state index contributed by atoms with van der Waals surface area (Å²) in [6, 6.07) is 7.38. The van der Waals surface area contributed by atoms with Crippen LogP contribution in [-0.4, -0.2) is 40.5 Å². The highest BCUT2D eigenvalue weighted by molar-refractivity contribution is 6.08. The second kappa shape index (κ2) is 10.0. The lowest BCUT2D eigenvalue weighted by atomic mass is 9.98. The number of nitrogens with two attached hydrogens (primary N) is 1. The van der Waals surface area contributed by atoms with Gasteiger partial charge in [0.25, 0.3) is 5.91 Å². The molecule has 1 aromatic carbocycles. The molecule has 32 heavy (non-hydrogen) atoms. The van der Waals surface area contributed by atoms with Crippen LogP contribution in [0.25, 0.3) is 0 Å². The number of hydrogen-bond donors (Lipinski definition) is 5. The van der Waals surface area contributed by atoms with E-state index in [9.17, 15) is 9.18 Å². The summed E-state index contributed by atoms with van der Waals surface area (Å²) in [5.41, 5.74) is 7.11. The van der Waals surface area contributed by atoms with Gasteiger partial charge in [-0.3, -0.25) is 4.79 Å². The largest absolute Gasteiger partial charge is 0.384 e. The molecule has 166 valence electrons. The van der Waals surface area contributed by atoms with E-state index in [1.807, 2.05) is 0 Å². The van der Waals surface area contributed by atoms with Gasteiger partial charge in [0.1, 0.15) is 23.3 Å². The zero-order valence-corrected chi connectivity index (χ0v) is 17.4. The lowest BCUT2D eigenvalue weighted by Crippen LogP contribution is -2.31. The fourth-order valence-corrected chi connectivity index (χ4v) is 3.46. The van der Waals surface area contributed by atoms with E-state index in [0.29, 0.717) is 40.3 Å². The molecule has 0 radical (unpaired) electrons. The highest BCUT2D eigenvalue weighted by atomic mass is 19.1. The smallest absolute Gasteiger partial charge is 0.259 e. The summed E-state index contributed by atoms with van der Waals surface area (Å²) in [5, 5.41) is 12.6. The normalized spacial score (nSPS) is 14.0. The molecule has 0 aliphatic carbocycles. The first-order valence-electron chi connectivity index (χ1n) is 10.4. The molecule has 3 heterocycles. The third-order valence-electron chi connectivity index (χ3n) is 5.22. The number of benzene rings is 1. The van der Waals surface area contributed by atoms with Crippen LogP contribution >= 0.6 is 0 Å². The molecule has 10 heteroatoms. The summed E-state index contributed by atoms with van der Waals surface area (Å²) >= 11 is 0. The van der Waals surface area contributed by atoms with Crippen LogP contribution in [0.3, 0.4) is 0 Å². The topological polar surface area (TPSA) is 130 Å². The minimum atomic E-state index is -0.366. The van der Waals surface area contributed by atoms with Crippen molar-refractivity contribution in [3.63, 3.8) is 0 Å². The minimum Gasteiger partial charge on any atom is -0.384 e. The molecule has 1 aliphatic rings. The Morgan fingerprint density at radius 2 is 1.81 bits per heavy atom. The molecule has 0 atom stereocenters. The van der Waals surface area contributed by atoms with Crippen molar-refractivity contribution in [2.24, 2.45) is 5.92 Å². The highest BCUT2D eigenvalue weighted by Crippen LogP contribution is 2.24. The van der Waals surface area contributed by atoms with Gasteiger partial charge in [0.2, 0.25) is 0 Å². The summed E-state index contributed by atoms with van der Waals surface area (Å²) in [6.45, 7) is 2.72.